The van der Waals surface area contributed by atoms with Crippen molar-refractivity contribution in [3.05, 3.63) is 45.8 Å². The first-order valence-electron chi connectivity index (χ1n) is 21.7. The maximum absolute atomic E-state index is 17.1. The Bertz CT molecular complexity index is 2220. The van der Waals surface area contributed by atoms with Crippen LogP contribution in [0.2, 0.25) is 0 Å². The highest BCUT2D eigenvalue weighted by atomic mass is 19.1. The van der Waals surface area contributed by atoms with Crippen LogP contribution < -0.4 is 10.3 Å². The van der Waals surface area contributed by atoms with E-state index in [0.717, 1.165) is 74.6 Å². The fourth-order valence-electron chi connectivity index (χ4n) is 9.92. The Kier molecular flexibility index (Phi) is 12.0. The standard InChI is InChI=1S/C44H59F2N7O6/c1-27-20-34-32(23-48-53(34)35-13-5-6-19-57-35)36(31(27)12-7-11-30(54)15-14-28-10-8-17-51(24-28)42(56)59-43(2,3)4)39-37(46)38-33(22-47-39)40(55)50-41(49-38)58-26-44-16-9-18-52(44)25-29(45)21-44/h20,22-23,28-30,35,54H,5-19,21,24-26H2,1-4H3,(H,49,50,55)/t28?,29-,30?,35?,44+/m1/s1. The van der Waals surface area contributed by atoms with Crippen LogP contribution in [-0.2, 0) is 15.9 Å². The van der Waals surface area contributed by atoms with E-state index in [1.165, 1.54) is 6.20 Å². The van der Waals surface area contributed by atoms with Crippen LogP contribution in [0.25, 0.3) is 33.1 Å². The predicted molar refractivity (Wildman–Crippen MR) is 220 cm³/mol. The molecular weight excluding hydrogens is 761 g/mol. The van der Waals surface area contributed by atoms with E-state index < -0.39 is 34.8 Å². The average Bonchev–Trinajstić information content (AvgIpc) is 3.89. The van der Waals surface area contributed by atoms with Crippen LogP contribution in [0.3, 0.4) is 0 Å². The lowest BCUT2D eigenvalue weighted by molar-refractivity contribution is -0.0366. The number of hydrogen-bond donors (Lipinski definition) is 2. The minimum absolute atomic E-state index is 0.00371. The fraction of sp³-hybridized carbons (Fsp3) is 0.659. The van der Waals surface area contributed by atoms with E-state index in [2.05, 4.69) is 25.9 Å². The highest BCUT2D eigenvalue weighted by Gasteiger charge is 2.49. The molecule has 0 saturated carbocycles. The van der Waals surface area contributed by atoms with Gasteiger partial charge in [0.15, 0.2) is 12.0 Å². The molecule has 13 nitrogen and oxygen atoms in total. The summed E-state index contributed by atoms with van der Waals surface area (Å²) in [4.78, 5) is 41.6. The molecule has 1 amide bonds. The van der Waals surface area contributed by atoms with Crippen molar-refractivity contribution >= 4 is 27.9 Å². The number of nitrogens with one attached hydrogen (secondary N) is 1. The van der Waals surface area contributed by atoms with Crippen LogP contribution in [0.5, 0.6) is 6.01 Å². The second-order valence-corrected chi connectivity index (χ2v) is 18.4. The number of rotatable bonds is 12. The molecule has 4 fully saturated rings. The second kappa shape index (κ2) is 17.0. The van der Waals surface area contributed by atoms with Crippen LogP contribution in [-0.4, -0.2) is 109 Å². The molecule has 8 rings (SSSR count). The largest absolute Gasteiger partial charge is 0.463 e. The van der Waals surface area contributed by atoms with Gasteiger partial charge in [-0.3, -0.25) is 19.7 Å². The lowest BCUT2D eigenvalue weighted by atomic mass is 9.89. The van der Waals surface area contributed by atoms with Crippen molar-refractivity contribution in [3.8, 4) is 17.3 Å². The van der Waals surface area contributed by atoms with Crippen molar-refractivity contribution in [1.29, 1.82) is 0 Å². The number of pyridine rings is 1. The molecule has 2 N–H and O–H groups in total. The molecule has 59 heavy (non-hydrogen) atoms. The van der Waals surface area contributed by atoms with Gasteiger partial charge in [0.25, 0.3) is 11.6 Å². The quantitative estimate of drug-likeness (QED) is 0.147. The van der Waals surface area contributed by atoms with Crippen LogP contribution in [0.15, 0.2) is 23.3 Å². The van der Waals surface area contributed by atoms with Gasteiger partial charge in [-0.05, 0) is 134 Å². The molecule has 1 aromatic carbocycles. The summed E-state index contributed by atoms with van der Waals surface area (Å²) in [5.41, 5.74) is 1.49. The van der Waals surface area contributed by atoms with Crippen LogP contribution >= 0.6 is 0 Å². The molecule has 5 atom stereocenters. The summed E-state index contributed by atoms with van der Waals surface area (Å²) in [6.07, 6.45) is 11.0. The van der Waals surface area contributed by atoms with Gasteiger partial charge in [0.1, 0.15) is 29.6 Å². The number of likely N-dealkylation sites (tertiary alicyclic amines) is 1. The second-order valence-electron chi connectivity index (χ2n) is 18.4. The molecule has 3 aromatic heterocycles. The van der Waals surface area contributed by atoms with E-state index in [-0.39, 0.29) is 41.5 Å². The minimum atomic E-state index is -0.938. The zero-order valence-electron chi connectivity index (χ0n) is 34.9. The Morgan fingerprint density at radius 1 is 1.12 bits per heavy atom. The maximum Gasteiger partial charge on any atom is 0.410 e. The number of amides is 1. The normalized spacial score (nSPS) is 24.5. The number of aryl methyl sites for hydroxylation is 1. The Balaban J connectivity index is 1.04. The van der Waals surface area contributed by atoms with Gasteiger partial charge < -0.3 is 24.2 Å². The number of aliphatic hydroxyl groups is 1. The van der Waals surface area contributed by atoms with Gasteiger partial charge in [0.2, 0.25) is 0 Å². The number of ether oxygens (including phenoxy) is 3. The number of aliphatic hydroxyl groups excluding tert-OH is 1. The molecule has 0 bridgehead atoms. The third kappa shape index (κ3) is 8.83. The van der Waals surface area contributed by atoms with E-state index in [9.17, 15) is 19.1 Å². The molecule has 3 unspecified atom stereocenters. The van der Waals surface area contributed by atoms with E-state index >= 15 is 4.39 Å². The molecule has 0 spiro atoms. The molecular formula is C44H59F2N7O6. The number of halogens is 2. The molecule has 4 aliphatic heterocycles. The number of alkyl halides is 1. The Hall–Kier alpha value is -4.21. The summed E-state index contributed by atoms with van der Waals surface area (Å²) in [6, 6.07) is 1.96. The summed E-state index contributed by atoms with van der Waals surface area (Å²) in [7, 11) is 0. The zero-order valence-corrected chi connectivity index (χ0v) is 34.9. The fourth-order valence-corrected chi connectivity index (χ4v) is 9.92. The van der Waals surface area contributed by atoms with E-state index in [1.54, 1.807) is 11.1 Å². The predicted octanol–water partition coefficient (Wildman–Crippen LogP) is 7.55. The smallest absolute Gasteiger partial charge is 0.410 e. The molecule has 0 radical (unpaired) electrons. The number of aromatic nitrogens is 5. The van der Waals surface area contributed by atoms with Crippen LogP contribution in [0, 0.1) is 18.7 Å². The number of carbonyl (C=O) groups excluding carboxylic acids is 1. The molecule has 320 valence electrons. The average molecular weight is 820 g/mol. The van der Waals surface area contributed by atoms with Gasteiger partial charge in [-0.15, -0.1) is 0 Å². The molecule has 4 aromatic rings. The monoisotopic (exact) mass is 819 g/mol. The van der Waals surface area contributed by atoms with Gasteiger partial charge in [-0.2, -0.15) is 10.1 Å². The van der Waals surface area contributed by atoms with Gasteiger partial charge in [0.05, 0.1) is 28.7 Å². The van der Waals surface area contributed by atoms with Crippen molar-refractivity contribution < 1.29 is 32.9 Å². The Labute approximate surface area is 343 Å². The minimum Gasteiger partial charge on any atom is -0.463 e. The van der Waals surface area contributed by atoms with Crippen molar-refractivity contribution in [2.24, 2.45) is 5.92 Å². The first kappa shape index (κ1) is 41.5. The van der Waals surface area contributed by atoms with Gasteiger partial charge in [-0.1, -0.05) is 0 Å². The highest BCUT2D eigenvalue weighted by molar-refractivity contribution is 5.98. The number of hydrogen-bond acceptors (Lipinski definition) is 10. The molecule has 7 heterocycles. The first-order chi connectivity index (χ1) is 28.3. The number of nitrogens with zero attached hydrogens (tertiary/aromatic N) is 6. The number of fused-ring (bicyclic) bond motifs is 3. The molecule has 4 saturated heterocycles. The summed E-state index contributed by atoms with van der Waals surface area (Å²) in [5.74, 6) is -0.450. The first-order valence-corrected chi connectivity index (χ1v) is 21.7. The third-order valence-electron chi connectivity index (χ3n) is 12.9. The van der Waals surface area contributed by atoms with Crippen molar-refractivity contribution in [3.63, 3.8) is 0 Å². The lowest BCUT2D eigenvalue weighted by Crippen LogP contribution is -2.43. The van der Waals surface area contributed by atoms with E-state index in [4.69, 9.17) is 19.3 Å². The summed E-state index contributed by atoms with van der Waals surface area (Å²) < 4.78 is 51.2. The molecule has 4 aliphatic rings. The highest BCUT2D eigenvalue weighted by Crippen LogP contribution is 2.41. The van der Waals surface area contributed by atoms with Gasteiger partial charge in [-0.25, -0.2) is 18.3 Å². The van der Waals surface area contributed by atoms with Crippen molar-refractivity contribution in [2.45, 2.75) is 141 Å². The summed E-state index contributed by atoms with van der Waals surface area (Å²) in [6.45, 7) is 10.9. The topological polar surface area (TPSA) is 148 Å². The third-order valence-corrected chi connectivity index (χ3v) is 12.9. The van der Waals surface area contributed by atoms with Gasteiger partial charge >= 0.3 is 6.09 Å². The van der Waals surface area contributed by atoms with Crippen LogP contribution in [0.1, 0.15) is 115 Å². The summed E-state index contributed by atoms with van der Waals surface area (Å²) >= 11 is 0. The number of benzene rings is 1. The van der Waals surface area contributed by atoms with Crippen molar-refractivity contribution in [1.82, 2.24) is 34.5 Å². The van der Waals surface area contributed by atoms with Crippen molar-refractivity contribution in [2.75, 3.05) is 39.4 Å². The number of H-pyrrole nitrogens is 1. The summed E-state index contributed by atoms with van der Waals surface area (Å²) in [5, 5.41) is 16.6. The zero-order chi connectivity index (χ0) is 41.5. The Morgan fingerprint density at radius 2 is 1.97 bits per heavy atom. The SMILES string of the molecule is Cc1cc2c(cnn2C2CCCCO2)c(-c2ncc3c(=O)[nH]c(OC[C@@]45CCCN4C[C@H](F)C5)nc3c2F)c1CCCC(O)CCC1CCCN(C(=O)OC(C)(C)C)C1. The van der Waals surface area contributed by atoms with Crippen LogP contribution in [0.4, 0.5) is 13.6 Å². The molecule has 15 heteroatoms. The maximum atomic E-state index is 17.1. The van der Waals surface area contributed by atoms with E-state index in [1.807, 2.05) is 32.4 Å². The van der Waals surface area contributed by atoms with Gasteiger partial charge in [0, 0.05) is 49.8 Å². The lowest BCUT2D eigenvalue weighted by Gasteiger charge is -2.34. The number of aromatic amines is 1. The number of piperidine rings is 1. The number of carbonyl (C=O) groups is 1. The molecule has 0 aliphatic carbocycles. The van der Waals surface area contributed by atoms with E-state index in [0.29, 0.717) is 75.2 Å². The Morgan fingerprint density at radius 3 is 2.76 bits per heavy atom.